The molecule has 1 rings (SSSR count). The van der Waals surface area contributed by atoms with Gasteiger partial charge in [-0.1, -0.05) is 29.8 Å². The van der Waals surface area contributed by atoms with Crippen LogP contribution in [-0.2, 0) is 11.2 Å². The van der Waals surface area contributed by atoms with Crippen LogP contribution in [0.15, 0.2) is 24.3 Å². The fourth-order valence-corrected chi connectivity index (χ4v) is 1.70. The summed E-state index contributed by atoms with van der Waals surface area (Å²) in [7, 11) is 1.79. The summed E-state index contributed by atoms with van der Waals surface area (Å²) in [5, 5.41) is -0.00744. The SMILES string of the molecule is Cc1ccc(CC(=O)N(C)CC(C)Cl)cc1. The Hall–Kier alpha value is -1.02. The van der Waals surface area contributed by atoms with Crippen molar-refractivity contribution < 1.29 is 4.79 Å². The molecule has 0 spiro atoms. The van der Waals surface area contributed by atoms with E-state index in [-0.39, 0.29) is 11.3 Å². The molecule has 0 aliphatic carbocycles. The van der Waals surface area contributed by atoms with Crippen molar-refractivity contribution in [3.05, 3.63) is 35.4 Å². The summed E-state index contributed by atoms with van der Waals surface area (Å²) in [5.41, 5.74) is 2.25. The topological polar surface area (TPSA) is 20.3 Å². The molecule has 0 bridgehead atoms. The molecule has 0 heterocycles. The Balaban J connectivity index is 2.54. The molecule has 88 valence electrons. The molecule has 1 aromatic carbocycles. The van der Waals surface area contributed by atoms with Gasteiger partial charge in [-0.2, -0.15) is 0 Å². The van der Waals surface area contributed by atoms with E-state index in [1.54, 1.807) is 11.9 Å². The van der Waals surface area contributed by atoms with Crippen molar-refractivity contribution in [3.63, 3.8) is 0 Å². The second-order valence-electron chi connectivity index (χ2n) is 4.22. The summed E-state index contributed by atoms with van der Waals surface area (Å²) < 4.78 is 0. The lowest BCUT2D eigenvalue weighted by Gasteiger charge is -2.18. The van der Waals surface area contributed by atoms with E-state index in [2.05, 4.69) is 0 Å². The van der Waals surface area contributed by atoms with Crippen LogP contribution < -0.4 is 0 Å². The Morgan fingerprint density at radius 1 is 1.38 bits per heavy atom. The molecular formula is C13H18ClNO. The van der Waals surface area contributed by atoms with E-state index in [0.29, 0.717) is 13.0 Å². The number of amides is 1. The zero-order chi connectivity index (χ0) is 12.1. The Morgan fingerprint density at radius 3 is 2.44 bits per heavy atom. The molecule has 0 aliphatic heterocycles. The van der Waals surface area contributed by atoms with Gasteiger partial charge in [-0.3, -0.25) is 4.79 Å². The van der Waals surface area contributed by atoms with Crippen molar-refractivity contribution in [1.29, 1.82) is 0 Å². The number of aryl methyl sites for hydroxylation is 1. The van der Waals surface area contributed by atoms with Gasteiger partial charge in [0.1, 0.15) is 0 Å². The van der Waals surface area contributed by atoms with E-state index in [1.165, 1.54) is 5.56 Å². The molecule has 0 saturated heterocycles. The molecule has 0 aromatic heterocycles. The molecule has 0 aliphatic rings. The number of hydrogen-bond acceptors (Lipinski definition) is 1. The van der Waals surface area contributed by atoms with Gasteiger partial charge in [0.15, 0.2) is 0 Å². The average molecular weight is 240 g/mol. The summed E-state index contributed by atoms with van der Waals surface area (Å²) in [6.45, 7) is 4.51. The second kappa shape index (κ2) is 5.90. The largest absolute Gasteiger partial charge is 0.344 e. The van der Waals surface area contributed by atoms with Crippen molar-refractivity contribution in [2.45, 2.75) is 25.6 Å². The maximum Gasteiger partial charge on any atom is 0.226 e. The van der Waals surface area contributed by atoms with E-state index in [4.69, 9.17) is 11.6 Å². The van der Waals surface area contributed by atoms with Crippen LogP contribution in [-0.4, -0.2) is 29.8 Å². The van der Waals surface area contributed by atoms with Crippen LogP contribution in [0, 0.1) is 6.92 Å². The van der Waals surface area contributed by atoms with Crippen LogP contribution in [0.25, 0.3) is 0 Å². The van der Waals surface area contributed by atoms with Crippen molar-refractivity contribution >= 4 is 17.5 Å². The predicted molar refractivity (Wildman–Crippen MR) is 67.8 cm³/mol. The van der Waals surface area contributed by atoms with Crippen molar-refractivity contribution in [2.24, 2.45) is 0 Å². The maximum atomic E-state index is 11.8. The molecule has 1 unspecified atom stereocenters. The van der Waals surface area contributed by atoms with Crippen molar-refractivity contribution in [3.8, 4) is 0 Å². The number of halogens is 1. The van der Waals surface area contributed by atoms with Gasteiger partial charge >= 0.3 is 0 Å². The fourth-order valence-electron chi connectivity index (χ4n) is 1.49. The number of hydrogen-bond donors (Lipinski definition) is 0. The van der Waals surface area contributed by atoms with Crippen molar-refractivity contribution in [1.82, 2.24) is 4.90 Å². The third kappa shape index (κ3) is 4.23. The lowest BCUT2D eigenvalue weighted by molar-refractivity contribution is -0.129. The summed E-state index contributed by atoms with van der Waals surface area (Å²) in [6, 6.07) is 8.02. The van der Waals surface area contributed by atoms with Gasteiger partial charge in [0, 0.05) is 19.0 Å². The highest BCUT2D eigenvalue weighted by Gasteiger charge is 2.11. The molecule has 2 nitrogen and oxygen atoms in total. The molecule has 0 radical (unpaired) electrons. The van der Waals surface area contributed by atoms with E-state index in [1.807, 2.05) is 38.1 Å². The molecule has 1 aromatic rings. The minimum absolute atomic E-state index is 0.00744. The predicted octanol–water partition coefficient (Wildman–Crippen LogP) is 2.62. The Morgan fingerprint density at radius 2 is 1.94 bits per heavy atom. The third-order valence-corrected chi connectivity index (χ3v) is 2.57. The molecule has 1 amide bonds. The molecule has 0 fully saturated rings. The van der Waals surface area contributed by atoms with Crippen LogP contribution in [0.1, 0.15) is 18.1 Å². The molecule has 0 saturated carbocycles. The summed E-state index contributed by atoms with van der Waals surface area (Å²) in [5.74, 6) is 0.108. The first kappa shape index (κ1) is 13.0. The van der Waals surface area contributed by atoms with Crippen LogP contribution in [0.5, 0.6) is 0 Å². The summed E-state index contributed by atoms with van der Waals surface area (Å²) >= 11 is 5.85. The highest BCUT2D eigenvalue weighted by atomic mass is 35.5. The smallest absolute Gasteiger partial charge is 0.226 e. The van der Waals surface area contributed by atoms with Crippen LogP contribution >= 0.6 is 11.6 Å². The van der Waals surface area contributed by atoms with Crippen LogP contribution in [0.2, 0.25) is 0 Å². The average Bonchev–Trinajstić information content (AvgIpc) is 2.20. The van der Waals surface area contributed by atoms with E-state index in [9.17, 15) is 4.79 Å². The van der Waals surface area contributed by atoms with E-state index >= 15 is 0 Å². The lowest BCUT2D eigenvalue weighted by atomic mass is 10.1. The molecule has 0 N–H and O–H groups in total. The van der Waals surface area contributed by atoms with Gasteiger partial charge in [-0.05, 0) is 19.4 Å². The number of alkyl halides is 1. The van der Waals surface area contributed by atoms with Gasteiger partial charge in [0.2, 0.25) is 5.91 Å². The number of rotatable bonds is 4. The first-order valence-electron chi connectivity index (χ1n) is 5.42. The number of nitrogens with zero attached hydrogens (tertiary/aromatic N) is 1. The van der Waals surface area contributed by atoms with Gasteiger partial charge < -0.3 is 4.90 Å². The van der Waals surface area contributed by atoms with Crippen LogP contribution in [0.4, 0.5) is 0 Å². The summed E-state index contributed by atoms with van der Waals surface area (Å²) in [4.78, 5) is 13.5. The normalized spacial score (nSPS) is 12.2. The first-order chi connectivity index (χ1) is 7.49. The van der Waals surface area contributed by atoms with Gasteiger partial charge in [-0.15, -0.1) is 11.6 Å². The molecule has 1 atom stereocenters. The minimum Gasteiger partial charge on any atom is -0.344 e. The molecular weight excluding hydrogens is 222 g/mol. The number of carbonyl (C=O) groups is 1. The first-order valence-corrected chi connectivity index (χ1v) is 5.86. The number of carbonyl (C=O) groups excluding carboxylic acids is 1. The standard InChI is InChI=1S/C13H18ClNO/c1-10-4-6-12(7-5-10)8-13(16)15(3)9-11(2)14/h4-7,11H,8-9H2,1-3H3. The number of benzene rings is 1. The maximum absolute atomic E-state index is 11.8. The molecule has 3 heteroatoms. The van der Waals surface area contributed by atoms with Crippen molar-refractivity contribution in [2.75, 3.05) is 13.6 Å². The highest BCUT2D eigenvalue weighted by Crippen LogP contribution is 2.06. The zero-order valence-electron chi connectivity index (χ0n) is 10.0. The Labute approximate surface area is 102 Å². The Bertz CT molecular complexity index is 345. The lowest BCUT2D eigenvalue weighted by Crippen LogP contribution is -2.32. The highest BCUT2D eigenvalue weighted by molar-refractivity contribution is 6.20. The van der Waals surface area contributed by atoms with Gasteiger partial charge in [-0.25, -0.2) is 0 Å². The van der Waals surface area contributed by atoms with E-state index < -0.39 is 0 Å². The van der Waals surface area contributed by atoms with Crippen LogP contribution in [0.3, 0.4) is 0 Å². The number of likely N-dealkylation sites (N-methyl/N-ethyl adjacent to an activating group) is 1. The quantitative estimate of drug-likeness (QED) is 0.740. The molecule has 16 heavy (non-hydrogen) atoms. The Kier molecular flexibility index (Phi) is 4.81. The second-order valence-corrected chi connectivity index (χ2v) is 4.96. The van der Waals surface area contributed by atoms with Gasteiger partial charge in [0.25, 0.3) is 0 Å². The monoisotopic (exact) mass is 239 g/mol. The van der Waals surface area contributed by atoms with E-state index in [0.717, 1.165) is 5.56 Å². The minimum atomic E-state index is -0.00744. The summed E-state index contributed by atoms with van der Waals surface area (Å²) in [6.07, 6.45) is 0.445. The van der Waals surface area contributed by atoms with Gasteiger partial charge in [0.05, 0.1) is 6.42 Å². The fraction of sp³-hybridized carbons (Fsp3) is 0.462. The zero-order valence-corrected chi connectivity index (χ0v) is 10.8. The third-order valence-electron chi connectivity index (χ3n) is 2.43.